The Morgan fingerprint density at radius 1 is 1.07 bits per heavy atom. The predicted octanol–water partition coefficient (Wildman–Crippen LogP) is 0.955. The van der Waals surface area contributed by atoms with Crippen LogP contribution < -0.4 is 5.32 Å². The Morgan fingerprint density at radius 3 is 2.50 bits per heavy atom. The molecule has 4 heteroatoms. The molecule has 1 aliphatic heterocycles. The summed E-state index contributed by atoms with van der Waals surface area (Å²) in [7, 11) is -2.79. The Hall–Kier alpha value is -0.0900. The van der Waals surface area contributed by atoms with Crippen molar-refractivity contribution in [2.45, 2.75) is 32.1 Å². The van der Waals surface area contributed by atoms with Gasteiger partial charge >= 0.3 is 0 Å². The zero-order chi connectivity index (χ0) is 10.1. The van der Waals surface area contributed by atoms with Crippen molar-refractivity contribution in [3.63, 3.8) is 0 Å². The maximum Gasteiger partial charge on any atom is 0.152 e. The monoisotopic (exact) mass is 217 g/mol. The molecule has 1 aliphatic carbocycles. The lowest BCUT2D eigenvalue weighted by atomic mass is 9.75. The molecule has 0 aromatic rings. The topological polar surface area (TPSA) is 46.2 Å². The molecule has 1 N–H and O–H groups in total. The standard InChI is InChI=1S/C10H19NO2S/c12-14(13)7-6-11-8-10(9-14)4-2-1-3-5-10/h11H,1-9H2. The second kappa shape index (κ2) is 3.81. The van der Waals surface area contributed by atoms with Crippen molar-refractivity contribution in [2.75, 3.05) is 24.6 Å². The minimum atomic E-state index is -2.79. The van der Waals surface area contributed by atoms with Crippen LogP contribution in [-0.4, -0.2) is 33.0 Å². The Kier molecular flexibility index (Phi) is 2.84. The van der Waals surface area contributed by atoms with Crippen molar-refractivity contribution in [2.24, 2.45) is 5.41 Å². The van der Waals surface area contributed by atoms with Crippen molar-refractivity contribution in [3.8, 4) is 0 Å². The molecule has 2 rings (SSSR count). The van der Waals surface area contributed by atoms with Gasteiger partial charge in [-0.25, -0.2) is 8.42 Å². The summed E-state index contributed by atoms with van der Waals surface area (Å²) in [5, 5.41) is 3.28. The molecule has 0 aromatic heterocycles. The second-order valence-corrected chi connectivity index (χ2v) is 7.01. The van der Waals surface area contributed by atoms with Crippen molar-refractivity contribution in [1.29, 1.82) is 0 Å². The fraction of sp³-hybridized carbons (Fsp3) is 1.00. The summed E-state index contributed by atoms with van der Waals surface area (Å²) < 4.78 is 23.4. The average molecular weight is 217 g/mol. The first kappa shape index (κ1) is 10.4. The van der Waals surface area contributed by atoms with Crippen LogP contribution in [0.4, 0.5) is 0 Å². The first-order valence-electron chi connectivity index (χ1n) is 5.53. The van der Waals surface area contributed by atoms with Crippen LogP contribution in [0.15, 0.2) is 0 Å². The number of sulfone groups is 1. The smallest absolute Gasteiger partial charge is 0.152 e. The van der Waals surface area contributed by atoms with Gasteiger partial charge in [0, 0.05) is 13.1 Å². The quantitative estimate of drug-likeness (QED) is 0.657. The van der Waals surface area contributed by atoms with E-state index < -0.39 is 9.84 Å². The number of nitrogens with one attached hydrogen (secondary N) is 1. The second-order valence-electron chi connectivity index (χ2n) is 4.83. The van der Waals surface area contributed by atoms with E-state index in [0.717, 1.165) is 19.4 Å². The van der Waals surface area contributed by atoms with Gasteiger partial charge in [0.25, 0.3) is 0 Å². The fourth-order valence-electron chi connectivity index (χ4n) is 2.79. The lowest BCUT2D eigenvalue weighted by Gasteiger charge is -2.35. The van der Waals surface area contributed by atoms with Crippen molar-refractivity contribution < 1.29 is 8.42 Å². The molecule has 0 radical (unpaired) electrons. The summed E-state index contributed by atoms with van der Waals surface area (Å²) in [6.07, 6.45) is 5.88. The highest BCUT2D eigenvalue weighted by Gasteiger charge is 2.37. The largest absolute Gasteiger partial charge is 0.315 e. The van der Waals surface area contributed by atoms with E-state index in [9.17, 15) is 8.42 Å². The molecule has 14 heavy (non-hydrogen) atoms. The summed E-state index contributed by atoms with van der Waals surface area (Å²) >= 11 is 0. The maximum atomic E-state index is 11.7. The summed E-state index contributed by atoms with van der Waals surface area (Å²) in [4.78, 5) is 0. The minimum Gasteiger partial charge on any atom is -0.315 e. The fourth-order valence-corrected chi connectivity index (χ4v) is 4.72. The van der Waals surface area contributed by atoms with Gasteiger partial charge in [-0.3, -0.25) is 0 Å². The predicted molar refractivity (Wildman–Crippen MR) is 57.0 cm³/mol. The molecule has 0 unspecified atom stereocenters. The molecule has 82 valence electrons. The van der Waals surface area contributed by atoms with Gasteiger partial charge < -0.3 is 5.32 Å². The Bertz CT molecular complexity index is 291. The van der Waals surface area contributed by atoms with E-state index in [2.05, 4.69) is 5.32 Å². The Morgan fingerprint density at radius 2 is 1.79 bits per heavy atom. The maximum absolute atomic E-state index is 11.7. The molecule has 2 aliphatic rings. The van der Waals surface area contributed by atoms with Gasteiger partial charge in [-0.1, -0.05) is 19.3 Å². The van der Waals surface area contributed by atoms with Crippen LogP contribution >= 0.6 is 0 Å². The third-order valence-corrected chi connectivity index (χ3v) is 5.41. The molecule has 0 aromatic carbocycles. The summed E-state index contributed by atoms with van der Waals surface area (Å²) in [5.41, 5.74) is 0.0770. The Labute approximate surface area is 86.2 Å². The number of hydrogen-bond acceptors (Lipinski definition) is 3. The van der Waals surface area contributed by atoms with Gasteiger partial charge in [-0.2, -0.15) is 0 Å². The summed E-state index contributed by atoms with van der Waals surface area (Å²) in [6, 6.07) is 0. The van der Waals surface area contributed by atoms with E-state index in [4.69, 9.17) is 0 Å². The van der Waals surface area contributed by atoms with E-state index >= 15 is 0 Å². The van der Waals surface area contributed by atoms with Gasteiger partial charge in [0.2, 0.25) is 0 Å². The van der Waals surface area contributed by atoms with Crippen LogP contribution in [0.5, 0.6) is 0 Å². The lowest BCUT2D eigenvalue weighted by molar-refractivity contribution is 0.216. The molecule has 0 bridgehead atoms. The van der Waals surface area contributed by atoms with E-state index in [1.807, 2.05) is 0 Å². The van der Waals surface area contributed by atoms with Gasteiger partial charge in [0.1, 0.15) is 0 Å². The van der Waals surface area contributed by atoms with Crippen molar-refractivity contribution in [3.05, 3.63) is 0 Å². The highest BCUT2D eigenvalue weighted by atomic mass is 32.2. The van der Waals surface area contributed by atoms with Crippen LogP contribution in [-0.2, 0) is 9.84 Å². The molecular weight excluding hydrogens is 198 g/mol. The highest BCUT2D eigenvalue weighted by molar-refractivity contribution is 7.91. The van der Waals surface area contributed by atoms with Gasteiger partial charge in [-0.05, 0) is 18.3 Å². The van der Waals surface area contributed by atoms with Crippen LogP contribution in [0.25, 0.3) is 0 Å². The van der Waals surface area contributed by atoms with Crippen molar-refractivity contribution in [1.82, 2.24) is 5.32 Å². The third kappa shape index (κ3) is 2.28. The third-order valence-electron chi connectivity index (χ3n) is 3.53. The van der Waals surface area contributed by atoms with Gasteiger partial charge in [0.05, 0.1) is 11.5 Å². The molecule has 3 nitrogen and oxygen atoms in total. The highest BCUT2D eigenvalue weighted by Crippen LogP contribution is 2.37. The number of rotatable bonds is 0. The first-order chi connectivity index (χ1) is 6.62. The van der Waals surface area contributed by atoms with Crippen LogP contribution in [0.1, 0.15) is 32.1 Å². The zero-order valence-electron chi connectivity index (χ0n) is 8.59. The van der Waals surface area contributed by atoms with Gasteiger partial charge in [0.15, 0.2) is 9.84 Å². The molecule has 1 heterocycles. The molecular formula is C10H19NO2S. The first-order valence-corrected chi connectivity index (χ1v) is 7.35. The molecule has 0 atom stereocenters. The minimum absolute atomic E-state index is 0.0770. The molecule has 1 spiro atoms. The van der Waals surface area contributed by atoms with Crippen LogP contribution in [0, 0.1) is 5.41 Å². The SMILES string of the molecule is O=S1(=O)CCNCC2(CCCCC2)C1. The van der Waals surface area contributed by atoms with Crippen LogP contribution in [0.3, 0.4) is 0 Å². The van der Waals surface area contributed by atoms with E-state index in [1.54, 1.807) is 0 Å². The van der Waals surface area contributed by atoms with E-state index in [0.29, 0.717) is 18.1 Å². The zero-order valence-corrected chi connectivity index (χ0v) is 9.41. The van der Waals surface area contributed by atoms with E-state index in [-0.39, 0.29) is 5.41 Å². The van der Waals surface area contributed by atoms with Crippen LogP contribution in [0.2, 0.25) is 0 Å². The number of hydrogen-bond donors (Lipinski definition) is 1. The molecule has 2 fully saturated rings. The van der Waals surface area contributed by atoms with Crippen molar-refractivity contribution >= 4 is 9.84 Å². The van der Waals surface area contributed by atoms with Gasteiger partial charge in [-0.15, -0.1) is 0 Å². The Balaban J connectivity index is 2.16. The molecule has 0 amide bonds. The average Bonchev–Trinajstić information content (AvgIpc) is 2.26. The van der Waals surface area contributed by atoms with E-state index in [1.165, 1.54) is 19.3 Å². The molecule has 1 saturated carbocycles. The summed E-state index contributed by atoms with van der Waals surface area (Å²) in [5.74, 6) is 0.752. The lowest BCUT2D eigenvalue weighted by Crippen LogP contribution is -2.38. The molecule has 1 saturated heterocycles. The normalized spacial score (nSPS) is 31.1. The summed E-state index contributed by atoms with van der Waals surface area (Å²) in [6.45, 7) is 1.55.